The molecule has 0 bridgehead atoms. The summed E-state index contributed by atoms with van der Waals surface area (Å²) in [5, 5.41) is 11.8. The first-order valence-corrected chi connectivity index (χ1v) is 9.76. The van der Waals surface area contributed by atoms with Gasteiger partial charge in [-0.2, -0.15) is 9.57 Å². The van der Waals surface area contributed by atoms with Gasteiger partial charge in [0.15, 0.2) is 0 Å². The van der Waals surface area contributed by atoms with Crippen molar-refractivity contribution in [3.8, 4) is 6.07 Å². The van der Waals surface area contributed by atoms with Gasteiger partial charge in [-0.15, -0.1) is 0 Å². The summed E-state index contributed by atoms with van der Waals surface area (Å²) < 4.78 is 27.0. The molecule has 24 heavy (non-hydrogen) atoms. The molecule has 0 unspecified atom stereocenters. The first-order valence-electron chi connectivity index (χ1n) is 8.32. The van der Waals surface area contributed by atoms with Gasteiger partial charge in [-0.05, 0) is 49.9 Å². The number of nitrogens with zero attached hydrogens (tertiary/aromatic N) is 2. The van der Waals surface area contributed by atoms with E-state index in [2.05, 4.69) is 5.32 Å². The van der Waals surface area contributed by atoms with E-state index >= 15 is 0 Å². The molecule has 2 fully saturated rings. The van der Waals surface area contributed by atoms with Crippen LogP contribution in [-0.4, -0.2) is 37.3 Å². The van der Waals surface area contributed by atoms with Crippen molar-refractivity contribution in [2.45, 2.75) is 55.5 Å². The maximum absolute atomic E-state index is 12.8. The van der Waals surface area contributed by atoms with Crippen LogP contribution in [0, 0.1) is 11.3 Å². The highest BCUT2D eigenvalue weighted by atomic mass is 32.2. The van der Waals surface area contributed by atoms with E-state index in [0.29, 0.717) is 5.56 Å². The van der Waals surface area contributed by atoms with Crippen molar-refractivity contribution in [2.75, 3.05) is 6.54 Å². The second kappa shape index (κ2) is 6.91. The molecule has 2 saturated carbocycles. The van der Waals surface area contributed by atoms with Crippen LogP contribution in [0.4, 0.5) is 0 Å². The topological polar surface area (TPSA) is 90.3 Å². The molecule has 128 valence electrons. The standard InChI is InChI=1S/C17H21N3O3S/c18-11-13-5-9-16(10-6-13)24(22,23)20(15-7-8-15)12-17(21)19-14-3-1-2-4-14/h5-6,9-10,14-15H,1-4,7-8,12H2,(H,19,21). The Morgan fingerprint density at radius 3 is 2.33 bits per heavy atom. The third-order valence-electron chi connectivity index (χ3n) is 4.56. The second-order valence-corrected chi connectivity index (χ2v) is 8.36. The molecule has 6 nitrogen and oxygen atoms in total. The quantitative estimate of drug-likeness (QED) is 0.849. The number of rotatable bonds is 6. The van der Waals surface area contributed by atoms with Gasteiger partial charge in [0, 0.05) is 12.1 Å². The largest absolute Gasteiger partial charge is 0.352 e. The van der Waals surface area contributed by atoms with Crippen LogP contribution < -0.4 is 5.32 Å². The van der Waals surface area contributed by atoms with Gasteiger partial charge in [-0.3, -0.25) is 4.79 Å². The first-order chi connectivity index (χ1) is 11.5. The number of nitriles is 1. The van der Waals surface area contributed by atoms with Gasteiger partial charge in [0.2, 0.25) is 15.9 Å². The maximum Gasteiger partial charge on any atom is 0.243 e. The van der Waals surface area contributed by atoms with Crippen LogP contribution in [0.5, 0.6) is 0 Å². The highest BCUT2D eigenvalue weighted by Crippen LogP contribution is 2.32. The highest BCUT2D eigenvalue weighted by Gasteiger charge is 2.39. The SMILES string of the molecule is N#Cc1ccc(S(=O)(=O)N(CC(=O)NC2CCCC2)C2CC2)cc1. The predicted octanol–water partition coefficient (Wildman–Crippen LogP) is 1.77. The summed E-state index contributed by atoms with van der Waals surface area (Å²) in [6.45, 7) is -0.135. The van der Waals surface area contributed by atoms with Crippen LogP contribution in [-0.2, 0) is 14.8 Å². The summed E-state index contributed by atoms with van der Waals surface area (Å²) >= 11 is 0. The van der Waals surface area contributed by atoms with Crippen LogP contribution in [0.2, 0.25) is 0 Å². The van der Waals surface area contributed by atoms with Gasteiger partial charge >= 0.3 is 0 Å². The van der Waals surface area contributed by atoms with Crippen LogP contribution in [0.15, 0.2) is 29.2 Å². The van der Waals surface area contributed by atoms with E-state index in [0.717, 1.165) is 38.5 Å². The number of carbonyl (C=O) groups is 1. The zero-order chi connectivity index (χ0) is 17.2. The van der Waals surface area contributed by atoms with E-state index in [-0.39, 0.29) is 29.4 Å². The molecule has 1 N–H and O–H groups in total. The van der Waals surface area contributed by atoms with Gasteiger partial charge in [0.25, 0.3) is 0 Å². The molecule has 1 aromatic carbocycles. The van der Waals surface area contributed by atoms with E-state index in [9.17, 15) is 13.2 Å². The van der Waals surface area contributed by atoms with Crippen LogP contribution in [0.25, 0.3) is 0 Å². The van der Waals surface area contributed by atoms with Crippen molar-refractivity contribution in [1.82, 2.24) is 9.62 Å². The van der Waals surface area contributed by atoms with E-state index < -0.39 is 10.0 Å². The zero-order valence-corrected chi connectivity index (χ0v) is 14.3. The third kappa shape index (κ3) is 3.77. The molecular weight excluding hydrogens is 326 g/mol. The maximum atomic E-state index is 12.8. The molecule has 1 aromatic rings. The minimum atomic E-state index is -3.73. The highest BCUT2D eigenvalue weighted by molar-refractivity contribution is 7.89. The summed E-state index contributed by atoms with van der Waals surface area (Å²) in [5.74, 6) is -0.231. The summed E-state index contributed by atoms with van der Waals surface area (Å²) in [7, 11) is -3.73. The summed E-state index contributed by atoms with van der Waals surface area (Å²) in [5.41, 5.74) is 0.408. The molecule has 0 spiro atoms. The molecular formula is C17H21N3O3S. The summed E-state index contributed by atoms with van der Waals surface area (Å²) in [4.78, 5) is 12.4. The molecule has 2 aliphatic carbocycles. The molecule has 1 amide bonds. The van der Waals surface area contributed by atoms with Crippen molar-refractivity contribution in [3.05, 3.63) is 29.8 Å². The predicted molar refractivity (Wildman–Crippen MR) is 88.5 cm³/mol. The Balaban J connectivity index is 1.73. The molecule has 0 saturated heterocycles. The van der Waals surface area contributed by atoms with Crippen molar-refractivity contribution < 1.29 is 13.2 Å². The lowest BCUT2D eigenvalue weighted by Gasteiger charge is -2.22. The number of amides is 1. The molecule has 0 radical (unpaired) electrons. The van der Waals surface area contributed by atoms with Crippen molar-refractivity contribution in [2.24, 2.45) is 0 Å². The number of nitrogens with one attached hydrogen (secondary N) is 1. The Bertz CT molecular complexity index is 742. The smallest absolute Gasteiger partial charge is 0.243 e. The zero-order valence-electron chi connectivity index (χ0n) is 13.4. The van der Waals surface area contributed by atoms with Gasteiger partial charge in [0.1, 0.15) is 0 Å². The summed E-state index contributed by atoms with van der Waals surface area (Å²) in [6.07, 6.45) is 5.73. The fraction of sp³-hybridized carbons (Fsp3) is 0.529. The third-order valence-corrected chi connectivity index (χ3v) is 6.48. The van der Waals surface area contributed by atoms with Gasteiger partial charge in [-0.1, -0.05) is 12.8 Å². The summed E-state index contributed by atoms with van der Waals surface area (Å²) in [6, 6.07) is 7.87. The number of carbonyl (C=O) groups excluding carboxylic acids is 1. The van der Waals surface area contributed by atoms with Gasteiger partial charge < -0.3 is 5.32 Å². The van der Waals surface area contributed by atoms with E-state index in [1.165, 1.54) is 28.6 Å². The number of hydrogen-bond donors (Lipinski definition) is 1. The lowest BCUT2D eigenvalue weighted by molar-refractivity contribution is -0.122. The van der Waals surface area contributed by atoms with E-state index in [4.69, 9.17) is 5.26 Å². The van der Waals surface area contributed by atoms with Crippen molar-refractivity contribution in [3.63, 3.8) is 0 Å². The molecule has 0 aliphatic heterocycles. The molecule has 0 atom stereocenters. The number of hydrogen-bond acceptors (Lipinski definition) is 4. The monoisotopic (exact) mass is 347 g/mol. The average Bonchev–Trinajstić information content (AvgIpc) is 3.29. The minimum Gasteiger partial charge on any atom is -0.352 e. The fourth-order valence-corrected chi connectivity index (χ4v) is 4.74. The molecule has 3 rings (SSSR count). The molecule has 0 aromatic heterocycles. The number of sulfonamides is 1. The Morgan fingerprint density at radius 1 is 1.17 bits per heavy atom. The molecule has 2 aliphatic rings. The average molecular weight is 347 g/mol. The first kappa shape index (κ1) is 16.9. The van der Waals surface area contributed by atoms with Crippen molar-refractivity contribution in [1.29, 1.82) is 5.26 Å². The lowest BCUT2D eigenvalue weighted by Crippen LogP contribution is -2.44. The van der Waals surface area contributed by atoms with E-state index in [1.807, 2.05) is 6.07 Å². The number of benzene rings is 1. The van der Waals surface area contributed by atoms with Gasteiger partial charge in [0.05, 0.1) is 23.1 Å². The Hall–Kier alpha value is -1.91. The Kier molecular flexibility index (Phi) is 4.88. The normalized spacial score (nSPS) is 18.5. The Morgan fingerprint density at radius 2 is 1.79 bits per heavy atom. The van der Waals surface area contributed by atoms with Gasteiger partial charge in [-0.25, -0.2) is 8.42 Å². The van der Waals surface area contributed by atoms with Crippen LogP contribution >= 0.6 is 0 Å². The van der Waals surface area contributed by atoms with E-state index in [1.54, 1.807) is 0 Å². The van der Waals surface area contributed by atoms with Crippen LogP contribution in [0.1, 0.15) is 44.1 Å². The lowest BCUT2D eigenvalue weighted by atomic mass is 10.2. The fourth-order valence-electron chi connectivity index (χ4n) is 3.09. The Labute approximate surface area is 142 Å². The molecule has 7 heteroatoms. The minimum absolute atomic E-state index is 0.0972. The molecule has 0 heterocycles. The van der Waals surface area contributed by atoms with Crippen molar-refractivity contribution >= 4 is 15.9 Å². The second-order valence-electron chi connectivity index (χ2n) is 6.47. The van der Waals surface area contributed by atoms with Crippen LogP contribution in [0.3, 0.4) is 0 Å².